The maximum absolute atomic E-state index is 11.8. The lowest BCUT2D eigenvalue weighted by Gasteiger charge is -2.23. The lowest BCUT2D eigenvalue weighted by Crippen LogP contribution is -2.25. The lowest BCUT2D eigenvalue weighted by atomic mass is 10.1. The number of hydrogen-bond acceptors (Lipinski definition) is 4. The van der Waals surface area contributed by atoms with Crippen molar-refractivity contribution in [3.05, 3.63) is 24.3 Å². The second-order valence-electron chi connectivity index (χ2n) is 4.56. The first-order chi connectivity index (χ1) is 9.12. The van der Waals surface area contributed by atoms with Crippen LogP contribution in [-0.4, -0.2) is 32.5 Å². The molecular formula is C13H20N2O2S2. The van der Waals surface area contributed by atoms with Crippen LogP contribution >= 0.6 is 11.8 Å². The first-order valence-corrected chi connectivity index (χ1v) is 9.19. The zero-order valence-corrected chi connectivity index (χ0v) is 12.7. The van der Waals surface area contributed by atoms with Crippen molar-refractivity contribution < 1.29 is 8.42 Å². The molecule has 19 heavy (non-hydrogen) atoms. The van der Waals surface area contributed by atoms with Crippen LogP contribution in [0.25, 0.3) is 0 Å². The largest absolute Gasteiger partial charge is 0.382 e. The fraction of sp³-hybridized carbons (Fsp3) is 0.538. The number of nitrogens with one attached hydrogen (secondary N) is 2. The predicted octanol–water partition coefficient (Wildman–Crippen LogP) is 2.29. The standard InChI is InChI=1S/C13H20N2O2S2/c1-2-14-19(16,17)13-5-3-11(4-6-13)15-12-7-9-18-10-8-12/h3-6,12,14-15H,2,7-10H2,1H3. The third-order valence-corrected chi connectivity index (χ3v) is 5.70. The summed E-state index contributed by atoms with van der Waals surface area (Å²) in [5.41, 5.74) is 0.993. The van der Waals surface area contributed by atoms with Crippen molar-refractivity contribution in [2.45, 2.75) is 30.7 Å². The van der Waals surface area contributed by atoms with Gasteiger partial charge in [-0.2, -0.15) is 11.8 Å². The van der Waals surface area contributed by atoms with E-state index in [1.165, 1.54) is 24.3 Å². The van der Waals surface area contributed by atoms with Gasteiger partial charge in [0.25, 0.3) is 0 Å². The Morgan fingerprint density at radius 1 is 1.21 bits per heavy atom. The summed E-state index contributed by atoms with van der Waals surface area (Å²) in [5, 5.41) is 3.46. The lowest BCUT2D eigenvalue weighted by molar-refractivity contribution is 0.584. The Kier molecular flexibility index (Phi) is 5.13. The molecule has 1 heterocycles. The third kappa shape index (κ3) is 4.12. The van der Waals surface area contributed by atoms with Gasteiger partial charge in [0.1, 0.15) is 0 Å². The van der Waals surface area contributed by atoms with E-state index in [0.29, 0.717) is 17.5 Å². The number of hydrogen-bond donors (Lipinski definition) is 2. The van der Waals surface area contributed by atoms with Crippen molar-refractivity contribution >= 4 is 27.5 Å². The second kappa shape index (κ2) is 6.63. The molecule has 1 aromatic rings. The maximum Gasteiger partial charge on any atom is 0.240 e. The fourth-order valence-electron chi connectivity index (χ4n) is 2.08. The third-order valence-electron chi connectivity index (χ3n) is 3.09. The van der Waals surface area contributed by atoms with E-state index in [2.05, 4.69) is 10.0 Å². The number of benzene rings is 1. The van der Waals surface area contributed by atoms with Crippen LogP contribution in [0.2, 0.25) is 0 Å². The highest BCUT2D eigenvalue weighted by molar-refractivity contribution is 7.99. The SMILES string of the molecule is CCNS(=O)(=O)c1ccc(NC2CCSCC2)cc1. The molecule has 0 spiro atoms. The highest BCUT2D eigenvalue weighted by Gasteiger charge is 2.15. The molecule has 0 amide bonds. The van der Waals surface area contributed by atoms with Crippen LogP contribution in [0.15, 0.2) is 29.2 Å². The number of anilines is 1. The van der Waals surface area contributed by atoms with Gasteiger partial charge in [-0.1, -0.05) is 6.92 Å². The number of thioether (sulfide) groups is 1. The highest BCUT2D eigenvalue weighted by atomic mass is 32.2. The Morgan fingerprint density at radius 3 is 2.42 bits per heavy atom. The Morgan fingerprint density at radius 2 is 1.84 bits per heavy atom. The molecule has 0 radical (unpaired) electrons. The van der Waals surface area contributed by atoms with Crippen LogP contribution in [0.3, 0.4) is 0 Å². The van der Waals surface area contributed by atoms with Crippen LogP contribution in [0, 0.1) is 0 Å². The zero-order chi connectivity index (χ0) is 13.7. The summed E-state index contributed by atoms with van der Waals surface area (Å²) in [7, 11) is -3.34. The molecule has 0 unspecified atom stereocenters. The molecule has 4 nitrogen and oxygen atoms in total. The molecule has 6 heteroatoms. The van der Waals surface area contributed by atoms with E-state index >= 15 is 0 Å². The minimum atomic E-state index is -3.34. The number of rotatable bonds is 5. The molecule has 2 N–H and O–H groups in total. The average molecular weight is 300 g/mol. The molecule has 2 rings (SSSR count). The first-order valence-electron chi connectivity index (χ1n) is 6.56. The van der Waals surface area contributed by atoms with Gasteiger partial charge in [0.05, 0.1) is 4.90 Å². The molecule has 106 valence electrons. The minimum Gasteiger partial charge on any atom is -0.382 e. The van der Waals surface area contributed by atoms with Gasteiger partial charge in [-0.25, -0.2) is 13.1 Å². The first kappa shape index (κ1) is 14.7. The Bertz CT molecular complexity index is 494. The Hall–Kier alpha value is -0.720. The van der Waals surface area contributed by atoms with Crippen molar-refractivity contribution in [2.75, 3.05) is 23.4 Å². The summed E-state index contributed by atoms with van der Waals surface area (Å²) in [6.07, 6.45) is 2.34. The molecular weight excluding hydrogens is 280 g/mol. The second-order valence-corrected chi connectivity index (χ2v) is 7.55. The summed E-state index contributed by atoms with van der Waals surface area (Å²) in [6.45, 7) is 2.18. The highest BCUT2D eigenvalue weighted by Crippen LogP contribution is 2.21. The minimum absolute atomic E-state index is 0.319. The van der Waals surface area contributed by atoms with Crippen LogP contribution in [-0.2, 0) is 10.0 Å². The zero-order valence-electron chi connectivity index (χ0n) is 11.1. The van der Waals surface area contributed by atoms with Gasteiger partial charge in [-0.15, -0.1) is 0 Å². The predicted molar refractivity (Wildman–Crippen MR) is 81.3 cm³/mol. The Labute approximate surface area is 119 Å². The van der Waals surface area contributed by atoms with E-state index in [9.17, 15) is 8.42 Å². The summed E-state index contributed by atoms with van der Waals surface area (Å²) in [4.78, 5) is 0.319. The molecule has 1 aliphatic rings. The fourth-order valence-corrected chi connectivity index (χ4v) is 4.23. The molecule has 0 bridgehead atoms. The van der Waals surface area contributed by atoms with Crippen LogP contribution in [0.4, 0.5) is 5.69 Å². The molecule has 0 saturated carbocycles. The average Bonchev–Trinajstić information content (AvgIpc) is 2.40. The van der Waals surface area contributed by atoms with E-state index in [4.69, 9.17) is 0 Å². The van der Waals surface area contributed by atoms with Gasteiger partial charge in [0.2, 0.25) is 10.0 Å². The van der Waals surface area contributed by atoms with Crippen molar-refractivity contribution in [1.29, 1.82) is 0 Å². The van der Waals surface area contributed by atoms with E-state index < -0.39 is 10.0 Å². The van der Waals surface area contributed by atoms with E-state index in [0.717, 1.165) is 5.69 Å². The van der Waals surface area contributed by atoms with E-state index in [1.807, 2.05) is 23.9 Å². The van der Waals surface area contributed by atoms with Crippen molar-refractivity contribution in [1.82, 2.24) is 4.72 Å². The molecule has 0 atom stereocenters. The molecule has 1 saturated heterocycles. The monoisotopic (exact) mass is 300 g/mol. The van der Waals surface area contributed by atoms with Gasteiger partial charge >= 0.3 is 0 Å². The van der Waals surface area contributed by atoms with Crippen LogP contribution in [0.5, 0.6) is 0 Å². The normalized spacial score (nSPS) is 17.3. The van der Waals surface area contributed by atoms with E-state index in [1.54, 1.807) is 19.1 Å². The quantitative estimate of drug-likeness (QED) is 0.876. The smallest absolute Gasteiger partial charge is 0.240 e. The van der Waals surface area contributed by atoms with Crippen LogP contribution < -0.4 is 10.0 Å². The summed E-state index contributed by atoms with van der Waals surface area (Å²) in [5.74, 6) is 2.40. The Balaban J connectivity index is 2.01. The van der Waals surface area contributed by atoms with E-state index in [-0.39, 0.29) is 0 Å². The number of sulfonamides is 1. The van der Waals surface area contributed by atoms with Crippen molar-refractivity contribution in [3.63, 3.8) is 0 Å². The van der Waals surface area contributed by atoms with Gasteiger partial charge < -0.3 is 5.32 Å². The molecule has 1 aromatic carbocycles. The summed E-state index contributed by atoms with van der Waals surface area (Å²) in [6, 6.07) is 7.49. The van der Waals surface area contributed by atoms with Gasteiger partial charge in [-0.3, -0.25) is 0 Å². The summed E-state index contributed by atoms with van der Waals surface area (Å²) < 4.78 is 26.1. The van der Waals surface area contributed by atoms with Crippen molar-refractivity contribution in [2.24, 2.45) is 0 Å². The van der Waals surface area contributed by atoms with Gasteiger partial charge in [-0.05, 0) is 48.6 Å². The maximum atomic E-state index is 11.8. The molecule has 0 aliphatic carbocycles. The molecule has 0 aromatic heterocycles. The van der Waals surface area contributed by atoms with Gasteiger partial charge in [0.15, 0.2) is 0 Å². The molecule has 1 fully saturated rings. The molecule has 1 aliphatic heterocycles. The topological polar surface area (TPSA) is 58.2 Å². The van der Waals surface area contributed by atoms with Gasteiger partial charge in [0, 0.05) is 18.3 Å². The van der Waals surface area contributed by atoms with Crippen molar-refractivity contribution in [3.8, 4) is 0 Å². The van der Waals surface area contributed by atoms with Crippen LogP contribution in [0.1, 0.15) is 19.8 Å². The summed E-state index contributed by atoms with van der Waals surface area (Å²) >= 11 is 1.99.